The summed E-state index contributed by atoms with van der Waals surface area (Å²) in [4.78, 5) is 17.5. The van der Waals surface area contributed by atoms with E-state index in [2.05, 4.69) is 30.2 Å². The fourth-order valence-corrected chi connectivity index (χ4v) is 4.44. The van der Waals surface area contributed by atoms with Crippen LogP contribution in [0.15, 0.2) is 53.9 Å². The second kappa shape index (κ2) is 7.48. The zero-order chi connectivity index (χ0) is 20.6. The van der Waals surface area contributed by atoms with Crippen LogP contribution in [0.4, 0.5) is 0 Å². The molecular formula is C24H24N2O2S. The van der Waals surface area contributed by atoms with Gasteiger partial charge in [-0.15, -0.1) is 11.3 Å². The summed E-state index contributed by atoms with van der Waals surface area (Å²) in [6.07, 6.45) is 2.58. The molecule has 29 heavy (non-hydrogen) atoms. The van der Waals surface area contributed by atoms with Crippen LogP contribution < -0.4 is 10.1 Å². The van der Waals surface area contributed by atoms with Gasteiger partial charge in [0.1, 0.15) is 10.8 Å². The Bertz CT molecular complexity index is 1090. The van der Waals surface area contributed by atoms with Crippen molar-refractivity contribution in [2.45, 2.75) is 32.7 Å². The molecule has 4 nitrogen and oxygen atoms in total. The van der Waals surface area contributed by atoms with Gasteiger partial charge in [0, 0.05) is 45.1 Å². The predicted molar refractivity (Wildman–Crippen MR) is 119 cm³/mol. The highest BCUT2D eigenvalue weighted by atomic mass is 32.1. The summed E-state index contributed by atoms with van der Waals surface area (Å²) in [5.41, 5.74) is 5.63. The zero-order valence-electron chi connectivity index (χ0n) is 17.1. The molecule has 4 rings (SSSR count). The normalized spacial score (nSPS) is 16.2. The highest BCUT2D eigenvalue weighted by Gasteiger charge is 2.28. The van der Waals surface area contributed by atoms with Crippen molar-refractivity contribution in [1.82, 2.24) is 10.3 Å². The minimum absolute atomic E-state index is 0.0270. The Morgan fingerprint density at radius 3 is 2.62 bits per heavy atom. The molecule has 1 aromatic heterocycles. The number of rotatable bonds is 4. The number of thiazole rings is 1. The van der Waals surface area contributed by atoms with E-state index in [9.17, 15) is 4.79 Å². The average Bonchev–Trinajstić information content (AvgIpc) is 3.13. The number of hydrogen-bond donors (Lipinski definition) is 1. The number of fused-ring (bicyclic) bond motifs is 1. The van der Waals surface area contributed by atoms with Gasteiger partial charge in [0.25, 0.3) is 0 Å². The molecule has 2 heterocycles. The van der Waals surface area contributed by atoms with Gasteiger partial charge in [-0.1, -0.05) is 30.3 Å². The maximum atomic E-state index is 13.0. The van der Waals surface area contributed by atoms with Crippen LogP contribution in [0.25, 0.3) is 16.3 Å². The molecule has 0 aliphatic carbocycles. The first-order valence-electron chi connectivity index (χ1n) is 9.59. The summed E-state index contributed by atoms with van der Waals surface area (Å²) in [5.74, 6) is 0.757. The van der Waals surface area contributed by atoms with Gasteiger partial charge in [0.2, 0.25) is 0 Å². The van der Waals surface area contributed by atoms with Crippen molar-refractivity contribution >= 4 is 22.8 Å². The number of ether oxygens (including phenoxy) is 1. The van der Waals surface area contributed by atoms with Gasteiger partial charge < -0.3 is 10.1 Å². The second-order valence-electron chi connectivity index (χ2n) is 8.00. The molecule has 0 saturated carbocycles. The topological polar surface area (TPSA) is 51.2 Å². The number of aromatic nitrogens is 1. The molecule has 0 unspecified atom stereocenters. The van der Waals surface area contributed by atoms with Crippen molar-refractivity contribution in [1.29, 1.82) is 0 Å². The molecule has 1 aliphatic heterocycles. The molecule has 0 radical (unpaired) electrons. The van der Waals surface area contributed by atoms with E-state index in [-0.39, 0.29) is 11.3 Å². The molecule has 0 spiro atoms. The Balaban J connectivity index is 1.65. The third-order valence-corrected chi connectivity index (χ3v) is 6.03. The van der Waals surface area contributed by atoms with Crippen LogP contribution in [0.2, 0.25) is 0 Å². The lowest BCUT2D eigenvalue weighted by Gasteiger charge is -2.35. The molecule has 0 fully saturated rings. The lowest BCUT2D eigenvalue weighted by molar-refractivity contribution is 0.104. The molecule has 0 amide bonds. The maximum Gasteiger partial charge on any atom is 0.187 e. The zero-order valence-corrected chi connectivity index (χ0v) is 17.9. The standard InChI is InChI=1S/C24H24N2O2S/c1-15-14-29-23(25-15)17-7-5-16(6-8-17)22(27)12-21-20-11-19(28-4)10-9-18(20)13-24(2,3)26-21/h5-12,14,26H,13H2,1-4H3. The van der Waals surface area contributed by atoms with Crippen molar-refractivity contribution < 1.29 is 9.53 Å². The molecule has 3 aromatic rings. The van der Waals surface area contributed by atoms with E-state index in [4.69, 9.17) is 4.74 Å². The molecule has 148 valence electrons. The smallest absolute Gasteiger partial charge is 0.187 e. The first-order chi connectivity index (χ1) is 13.8. The number of nitrogens with one attached hydrogen (secondary N) is 1. The first-order valence-corrected chi connectivity index (χ1v) is 10.5. The fraction of sp³-hybridized carbons (Fsp3) is 0.250. The second-order valence-corrected chi connectivity index (χ2v) is 8.86. The number of hydrogen-bond acceptors (Lipinski definition) is 5. The minimum Gasteiger partial charge on any atom is -0.497 e. The molecule has 0 saturated heterocycles. The van der Waals surface area contributed by atoms with Crippen molar-refractivity contribution in [3.05, 3.63) is 76.3 Å². The van der Waals surface area contributed by atoms with Crippen LogP contribution in [0, 0.1) is 6.92 Å². The average molecular weight is 405 g/mol. The summed E-state index contributed by atoms with van der Waals surface area (Å²) < 4.78 is 5.38. The van der Waals surface area contributed by atoms with Crippen molar-refractivity contribution in [2.24, 2.45) is 0 Å². The van der Waals surface area contributed by atoms with Crippen molar-refractivity contribution in [3.8, 4) is 16.3 Å². The molecule has 0 bridgehead atoms. The summed E-state index contributed by atoms with van der Waals surface area (Å²) in [5, 5.41) is 6.52. The van der Waals surface area contributed by atoms with Crippen LogP contribution in [-0.4, -0.2) is 23.4 Å². The van der Waals surface area contributed by atoms with Gasteiger partial charge in [-0.2, -0.15) is 0 Å². The van der Waals surface area contributed by atoms with E-state index in [0.717, 1.165) is 39.7 Å². The highest BCUT2D eigenvalue weighted by Crippen LogP contribution is 2.32. The molecular weight excluding hydrogens is 380 g/mol. The number of methoxy groups -OCH3 is 1. The van der Waals surface area contributed by atoms with Gasteiger partial charge >= 0.3 is 0 Å². The molecule has 0 atom stereocenters. The van der Waals surface area contributed by atoms with Crippen LogP contribution >= 0.6 is 11.3 Å². The predicted octanol–water partition coefficient (Wildman–Crippen LogP) is 5.28. The van der Waals surface area contributed by atoms with E-state index in [1.54, 1.807) is 24.5 Å². The largest absolute Gasteiger partial charge is 0.497 e. The molecule has 1 aliphatic rings. The van der Waals surface area contributed by atoms with E-state index in [1.807, 2.05) is 48.7 Å². The molecule has 1 N–H and O–H groups in total. The van der Waals surface area contributed by atoms with Crippen LogP contribution in [-0.2, 0) is 6.42 Å². The van der Waals surface area contributed by atoms with Crippen LogP contribution in [0.3, 0.4) is 0 Å². The van der Waals surface area contributed by atoms with Gasteiger partial charge in [-0.3, -0.25) is 4.79 Å². The summed E-state index contributed by atoms with van der Waals surface area (Å²) in [6.45, 7) is 6.27. The van der Waals surface area contributed by atoms with Crippen LogP contribution in [0.5, 0.6) is 5.75 Å². The Morgan fingerprint density at radius 1 is 1.21 bits per heavy atom. The van der Waals surface area contributed by atoms with E-state index < -0.39 is 0 Å². The van der Waals surface area contributed by atoms with Crippen molar-refractivity contribution in [3.63, 3.8) is 0 Å². The number of nitrogens with zero attached hydrogens (tertiary/aromatic N) is 1. The molecule has 2 aromatic carbocycles. The van der Waals surface area contributed by atoms with Gasteiger partial charge in [0.05, 0.1) is 7.11 Å². The quantitative estimate of drug-likeness (QED) is 0.475. The van der Waals surface area contributed by atoms with E-state index in [1.165, 1.54) is 5.56 Å². The summed E-state index contributed by atoms with van der Waals surface area (Å²) in [7, 11) is 1.65. The van der Waals surface area contributed by atoms with E-state index in [0.29, 0.717) is 5.56 Å². The van der Waals surface area contributed by atoms with Crippen LogP contribution in [0.1, 0.15) is 41.0 Å². The lowest BCUT2D eigenvalue weighted by Crippen LogP contribution is -2.43. The maximum absolute atomic E-state index is 13.0. The van der Waals surface area contributed by atoms with Gasteiger partial charge in [-0.05, 0) is 44.9 Å². The lowest BCUT2D eigenvalue weighted by atomic mass is 9.85. The number of allylic oxidation sites excluding steroid dienone is 1. The molecule has 5 heteroatoms. The Kier molecular flexibility index (Phi) is 5.01. The van der Waals surface area contributed by atoms with Gasteiger partial charge in [-0.25, -0.2) is 4.98 Å². The Morgan fingerprint density at radius 2 is 1.97 bits per heavy atom. The third-order valence-electron chi connectivity index (χ3n) is 5.02. The summed E-state index contributed by atoms with van der Waals surface area (Å²) in [6, 6.07) is 13.7. The number of carbonyl (C=O) groups is 1. The number of ketones is 1. The fourth-order valence-electron chi connectivity index (χ4n) is 3.63. The third kappa shape index (κ3) is 4.10. The van der Waals surface area contributed by atoms with Gasteiger partial charge in [0.15, 0.2) is 5.78 Å². The van der Waals surface area contributed by atoms with E-state index >= 15 is 0 Å². The Labute approximate surface area is 175 Å². The van der Waals surface area contributed by atoms with Crippen molar-refractivity contribution in [2.75, 3.05) is 7.11 Å². The highest BCUT2D eigenvalue weighted by molar-refractivity contribution is 7.13. The summed E-state index contributed by atoms with van der Waals surface area (Å²) >= 11 is 1.61. The monoisotopic (exact) mass is 404 g/mol. The number of aryl methyl sites for hydroxylation is 1. The first kappa shape index (κ1) is 19.4. The number of carbonyl (C=O) groups excluding carboxylic acids is 1. The Hall–Kier alpha value is -2.92. The SMILES string of the molecule is COc1ccc2c(c1)C(=CC(=O)c1ccc(-c3nc(C)cs3)cc1)NC(C)(C)C2. The minimum atomic E-state index is -0.125. The number of benzene rings is 2.